The highest BCUT2D eigenvalue weighted by atomic mass is 16.3. The number of carbonyl (C=O) groups is 1. The fourth-order valence-corrected chi connectivity index (χ4v) is 2.74. The Morgan fingerprint density at radius 1 is 1.41 bits per heavy atom. The summed E-state index contributed by atoms with van der Waals surface area (Å²) in [5.41, 5.74) is 1.35. The second kappa shape index (κ2) is 5.89. The van der Waals surface area contributed by atoms with Crippen LogP contribution in [0.3, 0.4) is 0 Å². The van der Waals surface area contributed by atoms with Gasteiger partial charge in [0, 0.05) is 17.7 Å². The average molecular weight is 296 g/mol. The van der Waals surface area contributed by atoms with Gasteiger partial charge in [0.2, 0.25) is 5.91 Å². The molecule has 2 aromatic rings. The van der Waals surface area contributed by atoms with Crippen LogP contribution in [0.2, 0.25) is 0 Å². The Kier molecular flexibility index (Phi) is 3.94. The number of carbonyl (C=O) groups excluding carboxylic acids is 1. The van der Waals surface area contributed by atoms with Crippen molar-refractivity contribution in [2.75, 3.05) is 6.61 Å². The minimum Gasteiger partial charge on any atom is -0.394 e. The van der Waals surface area contributed by atoms with Crippen LogP contribution in [0.4, 0.5) is 0 Å². The zero-order chi connectivity index (χ0) is 15.6. The largest absolute Gasteiger partial charge is 0.394 e. The third-order valence-electron chi connectivity index (χ3n) is 4.31. The maximum absolute atomic E-state index is 12.1. The summed E-state index contributed by atoms with van der Waals surface area (Å²) in [5, 5.41) is 13.5. The van der Waals surface area contributed by atoms with E-state index in [1.165, 1.54) is 6.08 Å². The number of amides is 1. The number of benzene rings is 1. The van der Waals surface area contributed by atoms with Crippen LogP contribution in [-0.2, 0) is 4.79 Å². The van der Waals surface area contributed by atoms with Crippen LogP contribution in [-0.4, -0.2) is 28.1 Å². The summed E-state index contributed by atoms with van der Waals surface area (Å²) in [6.45, 7) is 1.87. The van der Waals surface area contributed by atoms with Gasteiger partial charge in [-0.05, 0) is 49.5 Å². The van der Waals surface area contributed by atoms with Gasteiger partial charge in [-0.2, -0.15) is 0 Å². The van der Waals surface area contributed by atoms with Crippen molar-refractivity contribution in [2.24, 2.45) is 5.92 Å². The molecule has 1 heterocycles. The zero-order valence-electron chi connectivity index (χ0n) is 12.6. The molecule has 1 aliphatic carbocycles. The number of nitrogens with one attached hydrogen (secondary N) is 1. The van der Waals surface area contributed by atoms with Gasteiger partial charge in [-0.3, -0.25) is 9.78 Å². The van der Waals surface area contributed by atoms with Crippen molar-refractivity contribution in [2.45, 2.75) is 25.3 Å². The maximum atomic E-state index is 12.1. The number of aromatic nitrogens is 1. The summed E-state index contributed by atoms with van der Waals surface area (Å²) in [6.07, 6.45) is 7.19. The van der Waals surface area contributed by atoms with E-state index in [-0.39, 0.29) is 12.5 Å². The van der Waals surface area contributed by atoms with Gasteiger partial charge in [-0.25, -0.2) is 0 Å². The number of hydrogen-bond donors (Lipinski definition) is 2. The van der Waals surface area contributed by atoms with Crippen molar-refractivity contribution in [1.82, 2.24) is 10.3 Å². The van der Waals surface area contributed by atoms with Gasteiger partial charge < -0.3 is 10.4 Å². The van der Waals surface area contributed by atoms with E-state index in [1.807, 2.05) is 37.3 Å². The molecule has 0 aliphatic heterocycles. The first-order chi connectivity index (χ1) is 10.6. The first kappa shape index (κ1) is 14.7. The molecule has 0 spiro atoms. The SMILES string of the molecule is CC(CO)(NC(=O)/C=C/c1ccnc2ccccc12)C1CC1. The number of aliphatic hydroxyl groups is 1. The lowest BCUT2D eigenvalue weighted by Crippen LogP contribution is -2.50. The number of nitrogens with zero attached hydrogens (tertiary/aromatic N) is 1. The standard InChI is InChI=1S/C18H20N2O2/c1-18(12-21,14-7-8-14)20-17(22)9-6-13-10-11-19-16-5-3-2-4-15(13)16/h2-6,9-11,14,21H,7-8,12H2,1H3,(H,20,22)/b9-6+. The zero-order valence-corrected chi connectivity index (χ0v) is 12.6. The number of hydrogen-bond acceptors (Lipinski definition) is 3. The molecule has 2 N–H and O–H groups in total. The molecule has 3 rings (SSSR count). The van der Waals surface area contributed by atoms with Crippen LogP contribution >= 0.6 is 0 Å². The average Bonchev–Trinajstić information content (AvgIpc) is 3.38. The van der Waals surface area contributed by atoms with E-state index in [0.717, 1.165) is 29.3 Å². The molecular weight excluding hydrogens is 276 g/mol. The molecule has 1 aromatic heterocycles. The fraction of sp³-hybridized carbons (Fsp3) is 0.333. The summed E-state index contributed by atoms with van der Waals surface area (Å²) in [7, 11) is 0. The first-order valence-electron chi connectivity index (χ1n) is 7.57. The van der Waals surface area contributed by atoms with E-state index in [2.05, 4.69) is 10.3 Å². The van der Waals surface area contributed by atoms with Crippen LogP contribution < -0.4 is 5.32 Å². The molecular formula is C18H20N2O2. The molecule has 1 unspecified atom stereocenters. The van der Waals surface area contributed by atoms with Gasteiger partial charge in [0.15, 0.2) is 0 Å². The minimum absolute atomic E-state index is 0.0323. The third kappa shape index (κ3) is 3.02. The van der Waals surface area contributed by atoms with Gasteiger partial charge >= 0.3 is 0 Å². The number of rotatable bonds is 5. The van der Waals surface area contributed by atoms with E-state index in [1.54, 1.807) is 12.3 Å². The van der Waals surface area contributed by atoms with Crippen LogP contribution in [0.25, 0.3) is 17.0 Å². The smallest absolute Gasteiger partial charge is 0.244 e. The summed E-state index contributed by atoms with van der Waals surface area (Å²) in [6, 6.07) is 9.72. The molecule has 4 heteroatoms. The van der Waals surface area contributed by atoms with Crippen LogP contribution in [0.5, 0.6) is 0 Å². The predicted molar refractivity (Wildman–Crippen MR) is 87.1 cm³/mol. The number of pyridine rings is 1. The molecule has 1 atom stereocenters. The Hall–Kier alpha value is -2.20. The lowest BCUT2D eigenvalue weighted by molar-refractivity contribution is -0.119. The Morgan fingerprint density at radius 2 is 2.18 bits per heavy atom. The first-order valence-corrected chi connectivity index (χ1v) is 7.57. The topological polar surface area (TPSA) is 62.2 Å². The Balaban J connectivity index is 1.76. The van der Waals surface area contributed by atoms with E-state index in [9.17, 15) is 9.90 Å². The quantitative estimate of drug-likeness (QED) is 0.833. The van der Waals surface area contributed by atoms with Crippen molar-refractivity contribution in [3.8, 4) is 0 Å². The van der Waals surface area contributed by atoms with Gasteiger partial charge in [0.25, 0.3) is 0 Å². The van der Waals surface area contributed by atoms with Crippen molar-refractivity contribution in [3.63, 3.8) is 0 Å². The Morgan fingerprint density at radius 3 is 2.91 bits per heavy atom. The normalized spacial score (nSPS) is 17.5. The number of aliphatic hydroxyl groups excluding tert-OH is 1. The molecule has 1 fully saturated rings. The second-order valence-electron chi connectivity index (χ2n) is 6.09. The number of fused-ring (bicyclic) bond motifs is 1. The minimum atomic E-state index is -0.512. The molecule has 0 radical (unpaired) electrons. The van der Waals surface area contributed by atoms with Crippen LogP contribution in [0.1, 0.15) is 25.3 Å². The van der Waals surface area contributed by atoms with Gasteiger partial charge in [0.1, 0.15) is 0 Å². The molecule has 0 saturated heterocycles. The highest BCUT2D eigenvalue weighted by Crippen LogP contribution is 2.39. The lowest BCUT2D eigenvalue weighted by atomic mass is 9.97. The van der Waals surface area contributed by atoms with Crippen LogP contribution in [0, 0.1) is 5.92 Å². The van der Waals surface area contributed by atoms with Crippen molar-refractivity contribution >= 4 is 22.9 Å². The van der Waals surface area contributed by atoms with Crippen LogP contribution in [0.15, 0.2) is 42.6 Å². The Bertz CT molecular complexity index is 717. The highest BCUT2D eigenvalue weighted by molar-refractivity contribution is 5.96. The summed E-state index contributed by atoms with van der Waals surface area (Å²) in [5.74, 6) is 0.209. The van der Waals surface area contributed by atoms with Crippen molar-refractivity contribution in [1.29, 1.82) is 0 Å². The molecule has 22 heavy (non-hydrogen) atoms. The molecule has 0 bridgehead atoms. The monoisotopic (exact) mass is 296 g/mol. The molecule has 1 aromatic carbocycles. The Labute approximate surface area is 129 Å². The van der Waals surface area contributed by atoms with E-state index in [4.69, 9.17) is 0 Å². The second-order valence-corrected chi connectivity index (χ2v) is 6.09. The maximum Gasteiger partial charge on any atom is 0.244 e. The molecule has 1 saturated carbocycles. The molecule has 1 amide bonds. The van der Waals surface area contributed by atoms with E-state index in [0.29, 0.717) is 5.92 Å². The highest BCUT2D eigenvalue weighted by Gasteiger charge is 2.41. The number of para-hydroxylation sites is 1. The lowest BCUT2D eigenvalue weighted by Gasteiger charge is -2.28. The summed E-state index contributed by atoms with van der Waals surface area (Å²) in [4.78, 5) is 16.4. The van der Waals surface area contributed by atoms with Gasteiger partial charge in [0.05, 0.1) is 17.7 Å². The summed E-state index contributed by atoms with van der Waals surface area (Å²) < 4.78 is 0. The van der Waals surface area contributed by atoms with E-state index >= 15 is 0 Å². The van der Waals surface area contributed by atoms with E-state index < -0.39 is 5.54 Å². The molecule has 4 nitrogen and oxygen atoms in total. The third-order valence-corrected chi connectivity index (χ3v) is 4.31. The predicted octanol–water partition coefficient (Wildman–Crippen LogP) is 2.53. The molecule has 1 aliphatic rings. The van der Waals surface area contributed by atoms with Crippen molar-refractivity contribution in [3.05, 3.63) is 48.2 Å². The molecule has 114 valence electrons. The van der Waals surface area contributed by atoms with Gasteiger partial charge in [-0.15, -0.1) is 0 Å². The van der Waals surface area contributed by atoms with Gasteiger partial charge in [-0.1, -0.05) is 18.2 Å². The summed E-state index contributed by atoms with van der Waals surface area (Å²) >= 11 is 0. The van der Waals surface area contributed by atoms with Crippen molar-refractivity contribution < 1.29 is 9.90 Å². The fourth-order valence-electron chi connectivity index (χ4n) is 2.74.